The van der Waals surface area contributed by atoms with Crippen LogP contribution in [0.4, 0.5) is 0 Å². The lowest BCUT2D eigenvalue weighted by Crippen LogP contribution is -2.38. The number of nitrogens with one attached hydrogen (secondary N) is 1. The van der Waals surface area contributed by atoms with Gasteiger partial charge in [-0.05, 0) is 48.4 Å². The monoisotopic (exact) mass is 379 g/mol. The molecule has 0 bridgehead atoms. The summed E-state index contributed by atoms with van der Waals surface area (Å²) in [7, 11) is 3.25. The fraction of sp³-hybridized carbons (Fsp3) is 0.227. The second kappa shape index (κ2) is 8.52. The summed E-state index contributed by atoms with van der Waals surface area (Å²) < 4.78 is 10.5. The zero-order chi connectivity index (χ0) is 20.1. The first-order valence-corrected chi connectivity index (χ1v) is 9.15. The molecule has 2 aromatic carbocycles. The van der Waals surface area contributed by atoms with E-state index < -0.39 is 5.91 Å². The van der Waals surface area contributed by atoms with Crippen LogP contribution in [0.1, 0.15) is 24.5 Å². The first kappa shape index (κ1) is 19.4. The minimum atomic E-state index is -0.473. The number of ether oxygens (including phenoxy) is 2. The smallest absolute Gasteiger partial charge is 0.250 e. The van der Waals surface area contributed by atoms with Crippen LogP contribution in [0.25, 0.3) is 11.3 Å². The number of hydrogen-bond acceptors (Lipinski definition) is 5. The Hall–Kier alpha value is -3.41. The molecule has 3 rings (SSSR count). The molecule has 0 unspecified atom stereocenters. The molecule has 146 valence electrons. The molecule has 0 aromatic heterocycles. The van der Waals surface area contributed by atoms with Gasteiger partial charge in [0.1, 0.15) is 11.5 Å². The van der Waals surface area contributed by atoms with Gasteiger partial charge in [0.05, 0.1) is 25.5 Å². The maximum atomic E-state index is 12.3. The highest BCUT2D eigenvalue weighted by Gasteiger charge is 2.25. The van der Waals surface area contributed by atoms with Gasteiger partial charge in [-0.2, -0.15) is 0 Å². The third-order valence-corrected chi connectivity index (χ3v) is 4.55. The molecule has 1 aliphatic rings. The van der Waals surface area contributed by atoms with Crippen molar-refractivity contribution in [2.24, 2.45) is 5.73 Å². The highest BCUT2D eigenvalue weighted by Crippen LogP contribution is 2.35. The van der Waals surface area contributed by atoms with E-state index >= 15 is 0 Å². The zero-order valence-corrected chi connectivity index (χ0v) is 16.4. The normalized spacial score (nSPS) is 13.7. The van der Waals surface area contributed by atoms with Crippen LogP contribution < -0.4 is 20.6 Å². The number of hydrazine groups is 1. The third kappa shape index (κ3) is 3.96. The number of carbonyl (C=O) groups is 1. The highest BCUT2D eigenvalue weighted by molar-refractivity contribution is 6.14. The Morgan fingerprint density at radius 2 is 1.50 bits per heavy atom. The molecular formula is C22H25N3O3. The second-order valence-electron chi connectivity index (χ2n) is 6.42. The molecular weight excluding hydrogens is 354 g/mol. The van der Waals surface area contributed by atoms with Crippen molar-refractivity contribution in [3.8, 4) is 11.5 Å². The number of hydrogen-bond donors (Lipinski definition) is 2. The van der Waals surface area contributed by atoms with Gasteiger partial charge in [-0.1, -0.05) is 19.1 Å². The Morgan fingerprint density at radius 1 is 0.964 bits per heavy atom. The molecule has 0 saturated heterocycles. The van der Waals surface area contributed by atoms with Crippen molar-refractivity contribution in [1.82, 2.24) is 10.4 Å². The number of carbonyl (C=O) groups excluding carboxylic acids is 1. The van der Waals surface area contributed by atoms with E-state index in [1.807, 2.05) is 53.5 Å². The van der Waals surface area contributed by atoms with Crippen LogP contribution in [0.15, 0.2) is 60.3 Å². The SMILES string of the molecule is CCCN1C=C(C(N)=O)C(c2ccc(OC)cc2)=C(c2ccc(OC)cc2)N1. The van der Waals surface area contributed by atoms with E-state index in [1.54, 1.807) is 20.4 Å². The van der Waals surface area contributed by atoms with Crippen molar-refractivity contribution in [1.29, 1.82) is 0 Å². The fourth-order valence-corrected chi connectivity index (χ4v) is 3.16. The van der Waals surface area contributed by atoms with E-state index in [1.165, 1.54) is 0 Å². The number of methoxy groups -OCH3 is 2. The molecule has 28 heavy (non-hydrogen) atoms. The molecule has 0 radical (unpaired) electrons. The predicted molar refractivity (Wildman–Crippen MR) is 110 cm³/mol. The van der Waals surface area contributed by atoms with Gasteiger partial charge in [0.15, 0.2) is 0 Å². The van der Waals surface area contributed by atoms with Crippen LogP contribution in [0.5, 0.6) is 11.5 Å². The lowest BCUT2D eigenvalue weighted by atomic mass is 9.92. The minimum Gasteiger partial charge on any atom is -0.497 e. The number of primary amides is 1. The topological polar surface area (TPSA) is 76.8 Å². The molecule has 6 heteroatoms. The van der Waals surface area contributed by atoms with Crippen molar-refractivity contribution in [3.05, 3.63) is 71.4 Å². The molecule has 1 heterocycles. The molecule has 0 spiro atoms. The number of benzene rings is 2. The molecule has 0 fully saturated rings. The number of rotatable bonds is 7. The van der Waals surface area contributed by atoms with Gasteiger partial charge in [-0.3, -0.25) is 15.2 Å². The number of amides is 1. The average Bonchev–Trinajstić information content (AvgIpc) is 2.73. The van der Waals surface area contributed by atoms with E-state index in [0.717, 1.165) is 46.9 Å². The average molecular weight is 379 g/mol. The van der Waals surface area contributed by atoms with Gasteiger partial charge in [-0.15, -0.1) is 0 Å². The first-order chi connectivity index (χ1) is 13.6. The third-order valence-electron chi connectivity index (χ3n) is 4.55. The zero-order valence-electron chi connectivity index (χ0n) is 16.4. The van der Waals surface area contributed by atoms with Gasteiger partial charge in [-0.25, -0.2) is 0 Å². The Kier molecular flexibility index (Phi) is 5.89. The summed E-state index contributed by atoms with van der Waals surface area (Å²) in [5.41, 5.74) is 13.0. The van der Waals surface area contributed by atoms with Crippen molar-refractivity contribution in [3.63, 3.8) is 0 Å². The highest BCUT2D eigenvalue weighted by atomic mass is 16.5. The lowest BCUT2D eigenvalue weighted by molar-refractivity contribution is -0.114. The maximum Gasteiger partial charge on any atom is 0.250 e. The second-order valence-corrected chi connectivity index (χ2v) is 6.42. The summed E-state index contributed by atoms with van der Waals surface area (Å²) in [5, 5.41) is 1.90. The molecule has 6 nitrogen and oxygen atoms in total. The van der Waals surface area contributed by atoms with Crippen molar-refractivity contribution < 1.29 is 14.3 Å². The Bertz CT molecular complexity index is 900. The summed E-state index contributed by atoms with van der Waals surface area (Å²) in [5.74, 6) is 1.04. The van der Waals surface area contributed by atoms with E-state index in [4.69, 9.17) is 15.2 Å². The summed E-state index contributed by atoms with van der Waals surface area (Å²) in [6.45, 7) is 2.82. The van der Waals surface area contributed by atoms with Crippen molar-refractivity contribution in [2.75, 3.05) is 20.8 Å². The van der Waals surface area contributed by atoms with Crippen LogP contribution in [-0.2, 0) is 4.79 Å². The van der Waals surface area contributed by atoms with Crippen LogP contribution in [0.3, 0.4) is 0 Å². The summed E-state index contributed by atoms with van der Waals surface area (Å²) in [6, 6.07) is 15.3. The first-order valence-electron chi connectivity index (χ1n) is 9.15. The van der Waals surface area contributed by atoms with Gasteiger partial charge >= 0.3 is 0 Å². The lowest BCUT2D eigenvalue weighted by Gasteiger charge is -2.32. The summed E-state index contributed by atoms with van der Waals surface area (Å²) in [6.07, 6.45) is 2.70. The standard InChI is InChI=1S/C22H25N3O3/c1-4-13-25-14-19(22(23)26)20(15-5-9-17(27-2)10-6-15)21(24-25)16-7-11-18(28-3)12-8-16/h5-12,14,24H,4,13H2,1-3H3,(H2,23,26). The Morgan fingerprint density at radius 3 is 1.96 bits per heavy atom. The number of nitrogens with zero attached hydrogens (tertiary/aromatic N) is 1. The van der Waals surface area contributed by atoms with E-state index in [-0.39, 0.29) is 0 Å². The van der Waals surface area contributed by atoms with Crippen LogP contribution in [0.2, 0.25) is 0 Å². The van der Waals surface area contributed by atoms with Gasteiger partial charge in [0.2, 0.25) is 0 Å². The van der Waals surface area contributed by atoms with Crippen molar-refractivity contribution >= 4 is 17.2 Å². The largest absolute Gasteiger partial charge is 0.497 e. The van der Waals surface area contributed by atoms with Crippen LogP contribution in [0, 0.1) is 0 Å². The van der Waals surface area contributed by atoms with Crippen LogP contribution >= 0.6 is 0 Å². The molecule has 0 aliphatic carbocycles. The maximum absolute atomic E-state index is 12.3. The molecule has 0 atom stereocenters. The molecule has 2 aromatic rings. The van der Waals surface area contributed by atoms with E-state index in [2.05, 4.69) is 12.3 Å². The Labute approximate surface area is 165 Å². The van der Waals surface area contributed by atoms with Crippen LogP contribution in [-0.4, -0.2) is 31.7 Å². The summed E-state index contributed by atoms with van der Waals surface area (Å²) >= 11 is 0. The van der Waals surface area contributed by atoms with Crippen molar-refractivity contribution in [2.45, 2.75) is 13.3 Å². The fourth-order valence-electron chi connectivity index (χ4n) is 3.16. The van der Waals surface area contributed by atoms with E-state index in [0.29, 0.717) is 5.57 Å². The van der Waals surface area contributed by atoms with Gasteiger partial charge in [0.25, 0.3) is 5.91 Å². The summed E-state index contributed by atoms with van der Waals surface area (Å²) in [4.78, 5) is 12.3. The molecule has 1 amide bonds. The van der Waals surface area contributed by atoms with E-state index in [9.17, 15) is 4.79 Å². The quantitative estimate of drug-likeness (QED) is 0.773. The number of nitrogens with two attached hydrogens (primary N) is 1. The van der Waals surface area contributed by atoms with Gasteiger partial charge in [0, 0.05) is 23.9 Å². The minimum absolute atomic E-state index is 0.461. The molecule has 3 N–H and O–H groups in total. The molecule has 0 saturated carbocycles. The van der Waals surface area contributed by atoms with Gasteiger partial charge < -0.3 is 15.2 Å². The predicted octanol–water partition coefficient (Wildman–Crippen LogP) is 3.17. The molecule has 1 aliphatic heterocycles. The Balaban J connectivity index is 2.18.